The zero-order valence-corrected chi connectivity index (χ0v) is 20.7. The number of carbonyl (C=O) groups excluding carboxylic acids is 2. The molecule has 3 aromatic carbocycles. The molecule has 0 aromatic heterocycles. The van der Waals surface area contributed by atoms with Gasteiger partial charge in [0, 0.05) is 13.0 Å². The Bertz CT molecular complexity index is 1110. The summed E-state index contributed by atoms with van der Waals surface area (Å²) in [5.74, 6) is -1.16. The highest BCUT2D eigenvalue weighted by atomic mass is 16.4. The maximum Gasteiger partial charge on any atom is 0.475 e. The molecule has 0 radical (unpaired) electrons. The van der Waals surface area contributed by atoms with E-state index in [1.54, 1.807) is 0 Å². The molecule has 3 aromatic rings. The van der Waals surface area contributed by atoms with E-state index in [0.29, 0.717) is 6.42 Å². The predicted octanol–water partition coefficient (Wildman–Crippen LogP) is 3.31. The summed E-state index contributed by atoms with van der Waals surface area (Å²) in [6, 6.07) is 25.9. The third-order valence-corrected chi connectivity index (χ3v) is 5.80. The summed E-state index contributed by atoms with van der Waals surface area (Å²) in [6.07, 6.45) is 0.658. The van der Waals surface area contributed by atoms with Crippen LogP contribution in [0.3, 0.4) is 0 Å². The number of urea groups is 1. The maximum atomic E-state index is 13.1. The minimum atomic E-state index is -1.69. The van der Waals surface area contributed by atoms with E-state index in [0.717, 1.165) is 22.3 Å². The third-order valence-electron chi connectivity index (χ3n) is 5.80. The lowest BCUT2D eigenvalue weighted by Crippen LogP contribution is -2.56. The summed E-state index contributed by atoms with van der Waals surface area (Å²) in [5, 5.41) is 27.7. The van der Waals surface area contributed by atoms with Gasteiger partial charge in [0.1, 0.15) is 6.04 Å². The van der Waals surface area contributed by atoms with E-state index in [2.05, 4.69) is 16.0 Å². The fourth-order valence-corrected chi connectivity index (χ4v) is 3.99. The van der Waals surface area contributed by atoms with Crippen LogP contribution in [0.2, 0.25) is 0 Å². The molecule has 3 rings (SSSR count). The van der Waals surface area contributed by atoms with Crippen LogP contribution in [0.4, 0.5) is 4.79 Å². The summed E-state index contributed by atoms with van der Waals surface area (Å²) in [7, 11) is -1.69. The van der Waals surface area contributed by atoms with Crippen LogP contribution in [0.15, 0.2) is 84.9 Å². The minimum absolute atomic E-state index is 0.146. The van der Waals surface area contributed by atoms with Crippen molar-refractivity contribution in [2.45, 2.75) is 45.2 Å². The maximum absolute atomic E-state index is 13.1. The second-order valence-electron chi connectivity index (χ2n) is 9.29. The lowest BCUT2D eigenvalue weighted by molar-refractivity contribution is -0.123. The average Bonchev–Trinajstić information content (AvgIpc) is 2.87. The number of hydrogen-bond acceptors (Lipinski definition) is 4. The first-order chi connectivity index (χ1) is 17.3. The van der Waals surface area contributed by atoms with Crippen LogP contribution in [0, 0.1) is 5.92 Å². The number of benzene rings is 3. The fraction of sp³-hybridized carbons (Fsp3) is 0.286. The Morgan fingerprint density at radius 2 is 1.42 bits per heavy atom. The molecule has 0 aliphatic carbocycles. The van der Waals surface area contributed by atoms with Gasteiger partial charge in [0.15, 0.2) is 0 Å². The molecular weight excluding hydrogens is 453 g/mol. The summed E-state index contributed by atoms with van der Waals surface area (Å²) < 4.78 is 0. The molecule has 0 spiro atoms. The van der Waals surface area contributed by atoms with E-state index in [9.17, 15) is 19.6 Å². The first-order valence-corrected chi connectivity index (χ1v) is 12.2. The molecular formula is C28H34BN3O4. The zero-order valence-electron chi connectivity index (χ0n) is 20.7. The van der Waals surface area contributed by atoms with Crippen molar-refractivity contribution < 1.29 is 19.6 Å². The Labute approximate surface area is 213 Å². The first-order valence-electron chi connectivity index (χ1n) is 12.2. The molecule has 2 unspecified atom stereocenters. The van der Waals surface area contributed by atoms with Crippen molar-refractivity contribution in [3.8, 4) is 11.1 Å². The Kier molecular flexibility index (Phi) is 10.1. The quantitative estimate of drug-likeness (QED) is 0.267. The van der Waals surface area contributed by atoms with Gasteiger partial charge in [0.25, 0.3) is 0 Å². The van der Waals surface area contributed by atoms with Crippen molar-refractivity contribution in [2.75, 3.05) is 0 Å². The summed E-state index contributed by atoms with van der Waals surface area (Å²) in [4.78, 5) is 25.9. The normalized spacial score (nSPS) is 12.5. The molecule has 3 amide bonds. The van der Waals surface area contributed by atoms with Crippen molar-refractivity contribution in [3.05, 3.63) is 96.1 Å². The average molecular weight is 487 g/mol. The second-order valence-corrected chi connectivity index (χ2v) is 9.29. The molecule has 0 fully saturated rings. The molecule has 8 heteroatoms. The second kappa shape index (κ2) is 13.5. The molecule has 0 bridgehead atoms. The zero-order chi connectivity index (χ0) is 25.9. The molecule has 0 saturated carbocycles. The number of carbonyl (C=O) groups is 2. The van der Waals surface area contributed by atoms with Gasteiger partial charge >= 0.3 is 13.1 Å². The Hall–Kier alpha value is -3.62. The Morgan fingerprint density at radius 3 is 2.06 bits per heavy atom. The van der Waals surface area contributed by atoms with Crippen LogP contribution in [0.1, 0.15) is 31.4 Å². The lowest BCUT2D eigenvalue weighted by Gasteiger charge is -2.24. The lowest BCUT2D eigenvalue weighted by atomic mass is 9.75. The smallest absolute Gasteiger partial charge is 0.426 e. The summed E-state index contributed by atoms with van der Waals surface area (Å²) >= 11 is 0. The van der Waals surface area contributed by atoms with Crippen LogP contribution in [0.5, 0.6) is 0 Å². The van der Waals surface area contributed by atoms with Gasteiger partial charge < -0.3 is 26.0 Å². The van der Waals surface area contributed by atoms with Gasteiger partial charge in [-0.25, -0.2) is 4.79 Å². The number of rotatable bonds is 11. The summed E-state index contributed by atoms with van der Waals surface area (Å²) in [5.41, 5.74) is 3.94. The van der Waals surface area contributed by atoms with Crippen molar-refractivity contribution in [3.63, 3.8) is 0 Å². The molecule has 188 valence electrons. The van der Waals surface area contributed by atoms with Crippen LogP contribution >= 0.6 is 0 Å². The largest absolute Gasteiger partial charge is 0.475 e. The van der Waals surface area contributed by atoms with Crippen molar-refractivity contribution >= 4 is 19.1 Å². The van der Waals surface area contributed by atoms with Crippen LogP contribution in [-0.4, -0.2) is 41.1 Å². The molecule has 7 nitrogen and oxygen atoms in total. The van der Waals surface area contributed by atoms with Gasteiger partial charge in [0.05, 0.1) is 5.94 Å². The van der Waals surface area contributed by atoms with Gasteiger partial charge in [-0.3, -0.25) is 4.79 Å². The monoisotopic (exact) mass is 487 g/mol. The number of hydrogen-bond donors (Lipinski definition) is 5. The Morgan fingerprint density at radius 1 is 0.806 bits per heavy atom. The topological polar surface area (TPSA) is 111 Å². The SMILES string of the molecule is CC(C)CC(NC(=O)C(Cc1ccccc1)NC(=O)NCc1cccc(-c2ccccc2)c1)B(O)O. The highest BCUT2D eigenvalue weighted by Crippen LogP contribution is 2.20. The van der Waals surface area contributed by atoms with E-state index in [1.165, 1.54) is 0 Å². The molecule has 2 atom stereocenters. The predicted molar refractivity (Wildman–Crippen MR) is 143 cm³/mol. The van der Waals surface area contributed by atoms with Gasteiger partial charge in [-0.05, 0) is 40.7 Å². The van der Waals surface area contributed by atoms with Gasteiger partial charge in [0.2, 0.25) is 5.91 Å². The number of amides is 3. The molecule has 0 saturated heterocycles. The highest BCUT2D eigenvalue weighted by molar-refractivity contribution is 6.43. The molecule has 0 aliphatic heterocycles. The van der Waals surface area contributed by atoms with E-state index in [4.69, 9.17) is 0 Å². The van der Waals surface area contributed by atoms with E-state index in [1.807, 2.05) is 98.8 Å². The van der Waals surface area contributed by atoms with Gasteiger partial charge in [-0.2, -0.15) is 0 Å². The highest BCUT2D eigenvalue weighted by Gasteiger charge is 2.30. The van der Waals surface area contributed by atoms with Gasteiger partial charge in [-0.15, -0.1) is 0 Å². The van der Waals surface area contributed by atoms with E-state index in [-0.39, 0.29) is 18.9 Å². The van der Waals surface area contributed by atoms with Crippen LogP contribution in [-0.2, 0) is 17.8 Å². The van der Waals surface area contributed by atoms with Crippen LogP contribution in [0.25, 0.3) is 11.1 Å². The first kappa shape index (κ1) is 27.0. The molecule has 0 heterocycles. The molecule has 5 N–H and O–H groups in total. The number of nitrogens with one attached hydrogen (secondary N) is 3. The summed E-state index contributed by atoms with van der Waals surface area (Å²) in [6.45, 7) is 4.15. The van der Waals surface area contributed by atoms with Crippen molar-refractivity contribution in [2.24, 2.45) is 5.92 Å². The van der Waals surface area contributed by atoms with Gasteiger partial charge in [-0.1, -0.05) is 92.7 Å². The van der Waals surface area contributed by atoms with Crippen LogP contribution < -0.4 is 16.0 Å². The van der Waals surface area contributed by atoms with E-state index < -0.39 is 31.0 Å². The molecule has 36 heavy (non-hydrogen) atoms. The van der Waals surface area contributed by atoms with Crippen molar-refractivity contribution in [1.82, 2.24) is 16.0 Å². The van der Waals surface area contributed by atoms with E-state index >= 15 is 0 Å². The van der Waals surface area contributed by atoms with Crippen molar-refractivity contribution in [1.29, 1.82) is 0 Å². The molecule has 0 aliphatic rings. The minimum Gasteiger partial charge on any atom is -0.426 e. The third kappa shape index (κ3) is 8.55. The Balaban J connectivity index is 1.66. The fourth-order valence-electron chi connectivity index (χ4n) is 3.99. The standard InChI is InChI=1S/C28H34BN3O4/c1-20(2)16-26(29(35)36)32-27(33)25(18-21-10-5-3-6-11-21)31-28(34)30-19-22-12-9-15-24(17-22)23-13-7-4-8-14-23/h3-15,17,20,25-26,35-36H,16,18-19H2,1-2H3,(H,32,33)(H2,30,31,34).